The van der Waals surface area contributed by atoms with Crippen molar-refractivity contribution in [3.8, 4) is 17.2 Å². The van der Waals surface area contributed by atoms with E-state index in [0.29, 0.717) is 43.3 Å². The Hall–Kier alpha value is -3.18. The third-order valence-corrected chi connectivity index (χ3v) is 6.36. The lowest BCUT2D eigenvalue weighted by molar-refractivity contribution is 0.0578. The summed E-state index contributed by atoms with van der Waals surface area (Å²) < 4.78 is 17.5. The number of fused-ring (bicyclic) bond motifs is 4. The number of anilines is 2. The van der Waals surface area contributed by atoms with Crippen LogP contribution in [0.25, 0.3) is 11.5 Å². The second kappa shape index (κ2) is 8.16. The highest BCUT2D eigenvalue weighted by Crippen LogP contribution is 2.43. The Kier molecular flexibility index (Phi) is 5.20. The molecule has 1 aromatic carbocycles. The number of nitrogens with one attached hydrogen (secondary N) is 2. The number of aromatic nitrogens is 3. The van der Waals surface area contributed by atoms with E-state index in [9.17, 15) is 4.79 Å². The Bertz CT molecular complexity index is 1100. The number of carbonyl (C=O) groups is 1. The second-order valence-corrected chi connectivity index (χ2v) is 8.23. The van der Waals surface area contributed by atoms with E-state index in [1.54, 1.807) is 7.05 Å². The molecule has 5 rings (SSSR count). The summed E-state index contributed by atoms with van der Waals surface area (Å²) >= 11 is 1.45. The van der Waals surface area contributed by atoms with Gasteiger partial charge < -0.3 is 24.1 Å². The largest absolute Gasteiger partial charge is 0.494 e. The third kappa shape index (κ3) is 3.70. The van der Waals surface area contributed by atoms with Crippen molar-refractivity contribution in [3.05, 3.63) is 34.8 Å². The van der Waals surface area contributed by atoms with E-state index in [1.165, 1.54) is 11.3 Å². The molecule has 1 fully saturated rings. The van der Waals surface area contributed by atoms with Gasteiger partial charge in [-0.3, -0.25) is 5.32 Å². The molecule has 31 heavy (non-hydrogen) atoms. The maximum absolute atomic E-state index is 11.7. The second-order valence-electron chi connectivity index (χ2n) is 7.20. The Labute approximate surface area is 182 Å². The van der Waals surface area contributed by atoms with Crippen molar-refractivity contribution in [2.24, 2.45) is 0 Å². The molecule has 2 aliphatic heterocycles. The lowest BCUT2D eigenvalue weighted by atomic mass is 9.97. The number of thiazole rings is 1. The van der Waals surface area contributed by atoms with Crippen LogP contribution in [-0.4, -0.2) is 54.1 Å². The molecular weight excluding hydrogens is 420 g/mol. The molecule has 0 aliphatic carbocycles. The molecule has 0 radical (unpaired) electrons. The number of morpholine rings is 1. The average Bonchev–Trinajstić information content (AvgIpc) is 3.41. The molecule has 0 spiro atoms. The maximum atomic E-state index is 11.7. The number of carbonyl (C=O) groups excluding carboxylic acids is 1. The molecule has 4 heterocycles. The van der Waals surface area contributed by atoms with Crippen LogP contribution in [0, 0.1) is 0 Å². The van der Waals surface area contributed by atoms with Crippen LogP contribution in [0.2, 0.25) is 0 Å². The zero-order chi connectivity index (χ0) is 21.4. The summed E-state index contributed by atoms with van der Waals surface area (Å²) in [4.78, 5) is 19.5. The van der Waals surface area contributed by atoms with Gasteiger partial charge in [-0.25, -0.2) is 9.78 Å². The van der Waals surface area contributed by atoms with Crippen molar-refractivity contribution in [1.29, 1.82) is 0 Å². The normalized spacial score (nSPS) is 19.6. The van der Waals surface area contributed by atoms with E-state index in [2.05, 4.69) is 30.7 Å². The van der Waals surface area contributed by atoms with E-state index >= 15 is 0 Å². The lowest BCUT2D eigenvalue weighted by Gasteiger charge is -2.43. The van der Waals surface area contributed by atoms with Crippen molar-refractivity contribution in [3.63, 3.8) is 0 Å². The van der Waals surface area contributed by atoms with Gasteiger partial charge in [0.05, 0.1) is 42.5 Å². The summed E-state index contributed by atoms with van der Waals surface area (Å²) in [5.41, 5.74) is 1.79. The summed E-state index contributed by atoms with van der Waals surface area (Å²) in [5, 5.41) is 14.5. The van der Waals surface area contributed by atoms with Gasteiger partial charge in [0.15, 0.2) is 5.13 Å². The summed E-state index contributed by atoms with van der Waals surface area (Å²) in [6, 6.07) is 7.70. The molecule has 0 saturated carbocycles. The van der Waals surface area contributed by atoms with Gasteiger partial charge in [-0.1, -0.05) is 22.5 Å². The molecule has 1 saturated heterocycles. The summed E-state index contributed by atoms with van der Waals surface area (Å²) in [6.45, 7) is 3.56. The highest BCUT2D eigenvalue weighted by Gasteiger charge is 2.43. The number of rotatable bonds is 5. The van der Waals surface area contributed by atoms with E-state index in [0.717, 1.165) is 21.9 Å². The zero-order valence-electron chi connectivity index (χ0n) is 17.1. The van der Waals surface area contributed by atoms with Gasteiger partial charge in [0.25, 0.3) is 0 Å². The number of hydrogen-bond donors (Lipinski definition) is 2. The molecule has 2 amide bonds. The number of urea groups is 1. The molecule has 2 N–H and O–H groups in total. The molecule has 162 valence electrons. The summed E-state index contributed by atoms with van der Waals surface area (Å²) in [6.07, 6.45) is 0.676. The Balaban J connectivity index is 1.44. The standard InChI is InChI=1S/C20H22N6O4S/c1-3-29-13-6-4-5-11(7-13)17-24-25-20(30-17)26-12-8-14-16(15(26)10-28-9-12)31-19(22-14)23-18(27)21-2/h4-7,12,15H,3,8-10H2,1-2H3,(H2,21,22,23,27)/t12-,15-/m0/s1. The molecular formula is C20H22N6O4S. The van der Waals surface area contributed by atoms with Crippen molar-refractivity contribution >= 4 is 28.5 Å². The van der Waals surface area contributed by atoms with Gasteiger partial charge in [-0.15, -0.1) is 5.10 Å². The molecule has 11 heteroatoms. The fraction of sp³-hybridized carbons (Fsp3) is 0.400. The lowest BCUT2D eigenvalue weighted by Crippen LogP contribution is -2.51. The predicted octanol–water partition coefficient (Wildman–Crippen LogP) is 2.85. The fourth-order valence-corrected chi connectivity index (χ4v) is 4.98. The maximum Gasteiger partial charge on any atom is 0.320 e. The number of hydrogen-bond acceptors (Lipinski definition) is 9. The molecule has 2 aromatic heterocycles. The fourth-order valence-electron chi connectivity index (χ4n) is 3.91. The molecule has 2 bridgehead atoms. The van der Waals surface area contributed by atoms with Crippen molar-refractivity contribution in [1.82, 2.24) is 20.5 Å². The minimum Gasteiger partial charge on any atom is -0.494 e. The Morgan fingerprint density at radius 2 is 2.26 bits per heavy atom. The highest BCUT2D eigenvalue weighted by atomic mass is 32.1. The van der Waals surface area contributed by atoms with Gasteiger partial charge in [0.2, 0.25) is 5.89 Å². The van der Waals surface area contributed by atoms with E-state index in [1.807, 2.05) is 31.2 Å². The first-order valence-corrected chi connectivity index (χ1v) is 10.9. The smallest absolute Gasteiger partial charge is 0.320 e. The van der Waals surface area contributed by atoms with Gasteiger partial charge >= 0.3 is 12.0 Å². The number of nitrogens with zero attached hydrogens (tertiary/aromatic N) is 4. The van der Waals surface area contributed by atoms with Gasteiger partial charge in [0.1, 0.15) is 5.75 Å². The monoisotopic (exact) mass is 442 g/mol. The van der Waals surface area contributed by atoms with Crippen molar-refractivity contribution in [2.45, 2.75) is 25.4 Å². The summed E-state index contributed by atoms with van der Waals surface area (Å²) in [5.74, 6) is 1.20. The Morgan fingerprint density at radius 3 is 3.10 bits per heavy atom. The zero-order valence-corrected chi connectivity index (χ0v) is 17.9. The van der Waals surface area contributed by atoms with Crippen LogP contribution < -0.4 is 20.3 Å². The molecule has 2 aliphatic rings. The molecule has 2 atom stereocenters. The first kappa shape index (κ1) is 19.8. The van der Waals surface area contributed by atoms with E-state index < -0.39 is 0 Å². The van der Waals surface area contributed by atoms with Crippen LogP contribution in [0.1, 0.15) is 23.5 Å². The quantitative estimate of drug-likeness (QED) is 0.620. The van der Waals surface area contributed by atoms with Crippen LogP contribution in [0.4, 0.5) is 15.9 Å². The van der Waals surface area contributed by atoms with Crippen LogP contribution in [-0.2, 0) is 11.2 Å². The minimum atomic E-state index is -0.294. The van der Waals surface area contributed by atoms with Gasteiger partial charge in [0, 0.05) is 19.0 Å². The third-order valence-electron chi connectivity index (χ3n) is 5.25. The average molecular weight is 443 g/mol. The van der Waals surface area contributed by atoms with Crippen LogP contribution in [0.5, 0.6) is 5.75 Å². The van der Waals surface area contributed by atoms with E-state index in [4.69, 9.17) is 13.9 Å². The predicted molar refractivity (Wildman–Crippen MR) is 115 cm³/mol. The van der Waals surface area contributed by atoms with Crippen LogP contribution in [0.15, 0.2) is 28.7 Å². The number of benzene rings is 1. The van der Waals surface area contributed by atoms with E-state index in [-0.39, 0.29) is 18.1 Å². The first-order chi connectivity index (χ1) is 15.2. The highest BCUT2D eigenvalue weighted by molar-refractivity contribution is 7.16. The first-order valence-electron chi connectivity index (χ1n) is 10.1. The number of ether oxygens (including phenoxy) is 2. The molecule has 3 aromatic rings. The SMILES string of the molecule is CCOc1cccc(-c2nnc(N3[C@@H]4COC[C@H]3c3sc(NC(=O)NC)nc3C4)o2)c1. The van der Waals surface area contributed by atoms with Gasteiger partial charge in [-0.05, 0) is 25.1 Å². The topological polar surface area (TPSA) is 115 Å². The number of amides is 2. The Morgan fingerprint density at radius 1 is 1.35 bits per heavy atom. The minimum absolute atomic E-state index is 0.0317. The van der Waals surface area contributed by atoms with Crippen molar-refractivity contribution in [2.75, 3.05) is 37.1 Å². The molecule has 0 unspecified atom stereocenters. The van der Waals surface area contributed by atoms with Crippen LogP contribution in [0.3, 0.4) is 0 Å². The van der Waals surface area contributed by atoms with Crippen LogP contribution >= 0.6 is 11.3 Å². The molecule has 10 nitrogen and oxygen atoms in total. The summed E-state index contributed by atoms with van der Waals surface area (Å²) in [7, 11) is 1.57. The van der Waals surface area contributed by atoms with Gasteiger partial charge in [-0.2, -0.15) is 0 Å². The van der Waals surface area contributed by atoms with Crippen molar-refractivity contribution < 1.29 is 18.7 Å².